The minimum Gasteiger partial charge on any atom is -0.298 e. The highest BCUT2D eigenvalue weighted by atomic mass is 16.1. The minimum atomic E-state index is 0.727. The molecule has 0 fully saturated rings. The average molecular weight is 272 g/mol. The van der Waals surface area contributed by atoms with Crippen molar-refractivity contribution >= 4 is 12.6 Å². The van der Waals surface area contributed by atoms with Crippen molar-refractivity contribution in [2.24, 2.45) is 0 Å². The van der Waals surface area contributed by atoms with Gasteiger partial charge in [0, 0.05) is 29.8 Å². The van der Waals surface area contributed by atoms with Crippen molar-refractivity contribution in [2.75, 3.05) is 0 Å². The van der Waals surface area contributed by atoms with Crippen molar-refractivity contribution in [1.29, 1.82) is 0 Å². The van der Waals surface area contributed by atoms with Gasteiger partial charge in [0.05, 0.1) is 0 Å². The molecule has 0 saturated carbocycles. The Kier molecular flexibility index (Phi) is 6.82. The Hall–Kier alpha value is -2.36. The molecule has 2 heterocycles. The Labute approximate surface area is 119 Å². The number of carbonyl (C=O) groups is 2. The molecule has 0 aliphatic heterocycles. The zero-order valence-corrected chi connectivity index (χ0v) is 11.9. The van der Waals surface area contributed by atoms with Crippen LogP contribution in [-0.2, 0) is 13.1 Å². The second-order valence-corrected chi connectivity index (χ2v) is 4.11. The lowest BCUT2D eigenvalue weighted by Gasteiger charge is -1.91. The lowest BCUT2D eigenvalue weighted by molar-refractivity contribution is -0.694. The summed E-state index contributed by atoms with van der Waals surface area (Å²) in [5.74, 6) is 0. The maximum absolute atomic E-state index is 10.4. The zero-order valence-electron chi connectivity index (χ0n) is 11.9. The molecule has 0 atom stereocenters. The Morgan fingerprint density at radius 2 is 1.60 bits per heavy atom. The summed E-state index contributed by atoms with van der Waals surface area (Å²) in [6.07, 6.45) is 7.39. The normalized spacial score (nSPS) is 9.30. The molecule has 0 N–H and O–H groups in total. The lowest BCUT2D eigenvalue weighted by Crippen LogP contribution is -2.36. The van der Waals surface area contributed by atoms with Gasteiger partial charge in [0.25, 0.3) is 0 Å². The minimum absolute atomic E-state index is 0.727. The zero-order chi connectivity index (χ0) is 14.8. The predicted molar refractivity (Wildman–Crippen MR) is 75.4 cm³/mol. The summed E-state index contributed by atoms with van der Waals surface area (Å²) in [5, 5.41) is 0. The maximum atomic E-state index is 10.4. The van der Waals surface area contributed by atoms with Crippen LogP contribution >= 0.6 is 0 Å². The Balaban J connectivity index is 0.000000200. The number of aryl methyl sites for hydroxylation is 2. The molecule has 0 aromatic carbocycles. The number of carbonyl (C=O) groups excluding carboxylic acids is 2. The molecular weight excluding hydrogens is 252 g/mol. The summed E-state index contributed by atoms with van der Waals surface area (Å²) in [6, 6.07) is 9.18. The standard InChI is InChI=1S/2C8H10NO/c1-2-9-5-3-8(7-10)4-6-9;1-2-9-6-4-3-5-8(9)7-10/h2*3-7H,2H2,1H3/q2*+1. The number of nitrogens with zero attached hydrogens (tertiary/aromatic N) is 2. The average Bonchev–Trinajstić information content (AvgIpc) is 2.55. The van der Waals surface area contributed by atoms with Crippen LogP contribution in [0.4, 0.5) is 0 Å². The van der Waals surface area contributed by atoms with E-state index in [0.717, 1.165) is 36.9 Å². The van der Waals surface area contributed by atoms with E-state index in [4.69, 9.17) is 0 Å². The van der Waals surface area contributed by atoms with Crippen molar-refractivity contribution in [2.45, 2.75) is 26.9 Å². The highest BCUT2D eigenvalue weighted by Crippen LogP contribution is 1.88. The molecule has 104 valence electrons. The molecule has 0 unspecified atom stereocenters. The molecule has 4 heteroatoms. The van der Waals surface area contributed by atoms with E-state index in [1.165, 1.54) is 0 Å². The predicted octanol–water partition coefficient (Wildman–Crippen LogP) is 1.61. The Morgan fingerprint density at radius 3 is 2.05 bits per heavy atom. The van der Waals surface area contributed by atoms with Gasteiger partial charge in [-0.2, -0.15) is 4.57 Å². The van der Waals surface area contributed by atoms with Crippen LogP contribution in [0.2, 0.25) is 0 Å². The van der Waals surface area contributed by atoms with E-state index in [1.54, 1.807) is 18.2 Å². The van der Waals surface area contributed by atoms with Gasteiger partial charge in [-0.25, -0.2) is 4.57 Å². The van der Waals surface area contributed by atoms with Gasteiger partial charge in [-0.3, -0.25) is 9.59 Å². The number of aldehydes is 2. The van der Waals surface area contributed by atoms with Crippen molar-refractivity contribution in [1.82, 2.24) is 0 Å². The third-order valence-corrected chi connectivity index (χ3v) is 2.86. The Morgan fingerprint density at radius 1 is 0.900 bits per heavy atom. The largest absolute Gasteiger partial charge is 0.298 e. The van der Waals surface area contributed by atoms with Gasteiger partial charge in [0.2, 0.25) is 12.0 Å². The Bertz CT molecular complexity index is 551. The number of hydrogen-bond donors (Lipinski definition) is 0. The van der Waals surface area contributed by atoms with E-state index in [9.17, 15) is 9.59 Å². The second-order valence-electron chi connectivity index (χ2n) is 4.11. The van der Waals surface area contributed by atoms with Crippen LogP contribution in [-0.4, -0.2) is 12.6 Å². The summed E-state index contributed by atoms with van der Waals surface area (Å²) in [7, 11) is 0. The molecule has 0 amide bonds. The number of pyridine rings is 2. The topological polar surface area (TPSA) is 41.9 Å². The lowest BCUT2D eigenvalue weighted by atomic mass is 10.3. The molecule has 0 spiro atoms. The van der Waals surface area contributed by atoms with Crippen molar-refractivity contribution < 1.29 is 18.7 Å². The van der Waals surface area contributed by atoms with Crippen molar-refractivity contribution in [3.8, 4) is 0 Å². The third-order valence-electron chi connectivity index (χ3n) is 2.86. The van der Waals surface area contributed by atoms with E-state index in [1.807, 2.05) is 46.8 Å². The molecule has 2 aromatic heterocycles. The van der Waals surface area contributed by atoms with Gasteiger partial charge in [-0.1, -0.05) is 0 Å². The molecule has 2 rings (SSSR count). The van der Waals surface area contributed by atoms with Crippen LogP contribution in [0.15, 0.2) is 48.9 Å². The summed E-state index contributed by atoms with van der Waals surface area (Å²) in [5.41, 5.74) is 1.45. The first-order valence-corrected chi connectivity index (χ1v) is 6.63. The number of hydrogen-bond acceptors (Lipinski definition) is 2. The second kappa shape index (κ2) is 8.69. The van der Waals surface area contributed by atoms with Crippen LogP contribution in [0.1, 0.15) is 34.7 Å². The first-order chi connectivity index (χ1) is 9.74. The summed E-state index contributed by atoms with van der Waals surface area (Å²) >= 11 is 0. The monoisotopic (exact) mass is 272 g/mol. The molecule has 0 saturated heterocycles. The maximum Gasteiger partial charge on any atom is 0.245 e. The molecule has 0 radical (unpaired) electrons. The van der Waals surface area contributed by atoms with Crippen LogP contribution in [0.5, 0.6) is 0 Å². The summed E-state index contributed by atoms with van der Waals surface area (Å²) < 4.78 is 3.90. The molecule has 0 bridgehead atoms. The fourth-order valence-corrected chi connectivity index (χ4v) is 1.64. The highest BCUT2D eigenvalue weighted by Gasteiger charge is 2.02. The van der Waals surface area contributed by atoms with Gasteiger partial charge < -0.3 is 0 Å². The van der Waals surface area contributed by atoms with E-state index in [2.05, 4.69) is 6.92 Å². The molecule has 0 aliphatic rings. The quantitative estimate of drug-likeness (QED) is 0.627. The van der Waals surface area contributed by atoms with E-state index >= 15 is 0 Å². The fourth-order valence-electron chi connectivity index (χ4n) is 1.64. The SMILES string of the molecule is CC[n+]1ccc(C=O)cc1.CC[n+]1ccccc1C=O. The molecule has 0 aliphatic carbocycles. The van der Waals surface area contributed by atoms with Gasteiger partial charge >= 0.3 is 0 Å². The fraction of sp³-hybridized carbons (Fsp3) is 0.250. The number of aromatic nitrogens is 2. The smallest absolute Gasteiger partial charge is 0.245 e. The number of rotatable bonds is 4. The molecule has 2 aromatic rings. The van der Waals surface area contributed by atoms with Crippen LogP contribution < -0.4 is 9.13 Å². The molecule has 20 heavy (non-hydrogen) atoms. The van der Waals surface area contributed by atoms with Gasteiger partial charge in [0.1, 0.15) is 13.1 Å². The molecular formula is C16H20N2O2+2. The van der Waals surface area contributed by atoms with Crippen LogP contribution in [0, 0.1) is 0 Å². The summed E-state index contributed by atoms with van der Waals surface area (Å²) in [6.45, 7) is 5.85. The van der Waals surface area contributed by atoms with Crippen molar-refractivity contribution in [3.05, 3.63) is 60.2 Å². The third kappa shape index (κ3) is 4.72. The van der Waals surface area contributed by atoms with Crippen LogP contribution in [0.25, 0.3) is 0 Å². The highest BCUT2D eigenvalue weighted by molar-refractivity contribution is 5.73. The van der Waals surface area contributed by atoms with Gasteiger partial charge in [-0.15, -0.1) is 0 Å². The molecule has 4 nitrogen and oxygen atoms in total. The van der Waals surface area contributed by atoms with Gasteiger partial charge in [0.15, 0.2) is 24.9 Å². The first kappa shape index (κ1) is 15.7. The van der Waals surface area contributed by atoms with E-state index in [0.29, 0.717) is 0 Å². The van der Waals surface area contributed by atoms with E-state index < -0.39 is 0 Å². The first-order valence-electron chi connectivity index (χ1n) is 6.63. The van der Waals surface area contributed by atoms with E-state index in [-0.39, 0.29) is 0 Å². The van der Waals surface area contributed by atoms with Crippen LogP contribution in [0.3, 0.4) is 0 Å². The van der Waals surface area contributed by atoms with Gasteiger partial charge in [-0.05, 0) is 19.9 Å². The summed E-state index contributed by atoms with van der Waals surface area (Å²) in [4.78, 5) is 20.6. The van der Waals surface area contributed by atoms with Crippen molar-refractivity contribution in [3.63, 3.8) is 0 Å².